The number of methoxy groups -OCH3 is 1. The zero-order valence-electron chi connectivity index (χ0n) is 16.2. The van der Waals surface area contributed by atoms with Crippen molar-refractivity contribution in [3.8, 4) is 11.1 Å². The molecule has 0 saturated heterocycles. The maximum Gasteiger partial charge on any atom is 0.357 e. The van der Waals surface area contributed by atoms with Crippen LogP contribution in [0.15, 0.2) is 79.0 Å². The van der Waals surface area contributed by atoms with Gasteiger partial charge in [-0.25, -0.2) is 19.6 Å². The van der Waals surface area contributed by atoms with Crippen molar-refractivity contribution in [3.63, 3.8) is 0 Å². The van der Waals surface area contributed by atoms with Gasteiger partial charge in [-0.1, -0.05) is 54.6 Å². The number of pyridine rings is 2. The standard InChI is InChI=1S/C24H18N2O4/c1-29-24(28)22-20(15-30-23(27)19-13-7-8-14-25-19)26-18-12-6-5-11-17(18)21(22)16-9-3-2-4-10-16/h2-14H,15H2,1H3. The van der Waals surface area contributed by atoms with Gasteiger partial charge in [-0.15, -0.1) is 0 Å². The number of hydrogen-bond donors (Lipinski definition) is 0. The lowest BCUT2D eigenvalue weighted by molar-refractivity contribution is 0.0449. The SMILES string of the molecule is COC(=O)c1c(COC(=O)c2ccccn2)nc2ccccc2c1-c1ccccc1. The first-order valence-electron chi connectivity index (χ1n) is 9.32. The average molecular weight is 398 g/mol. The molecule has 6 heteroatoms. The van der Waals surface area contributed by atoms with E-state index >= 15 is 0 Å². The highest BCUT2D eigenvalue weighted by Crippen LogP contribution is 2.34. The van der Waals surface area contributed by atoms with Crippen LogP contribution in [0.4, 0.5) is 0 Å². The van der Waals surface area contributed by atoms with Crippen LogP contribution in [0.3, 0.4) is 0 Å². The van der Waals surface area contributed by atoms with Crippen molar-refractivity contribution in [2.45, 2.75) is 6.61 Å². The molecule has 0 saturated carbocycles. The Morgan fingerprint density at radius 3 is 2.33 bits per heavy atom. The van der Waals surface area contributed by atoms with Crippen LogP contribution in [0.25, 0.3) is 22.0 Å². The van der Waals surface area contributed by atoms with Crippen LogP contribution in [0, 0.1) is 0 Å². The van der Waals surface area contributed by atoms with Crippen molar-refractivity contribution in [1.82, 2.24) is 9.97 Å². The van der Waals surface area contributed by atoms with Gasteiger partial charge in [-0.2, -0.15) is 0 Å². The normalized spacial score (nSPS) is 10.6. The number of ether oxygens (including phenoxy) is 2. The van der Waals surface area contributed by atoms with E-state index in [2.05, 4.69) is 9.97 Å². The third kappa shape index (κ3) is 3.75. The second-order valence-corrected chi connectivity index (χ2v) is 6.47. The number of benzene rings is 2. The van der Waals surface area contributed by atoms with Gasteiger partial charge in [0.15, 0.2) is 0 Å². The summed E-state index contributed by atoms with van der Waals surface area (Å²) >= 11 is 0. The zero-order valence-corrected chi connectivity index (χ0v) is 16.2. The summed E-state index contributed by atoms with van der Waals surface area (Å²) in [6.45, 7) is -0.190. The summed E-state index contributed by atoms with van der Waals surface area (Å²) in [6.07, 6.45) is 1.51. The fourth-order valence-electron chi connectivity index (χ4n) is 3.29. The monoisotopic (exact) mass is 398 g/mol. The van der Waals surface area contributed by atoms with Crippen LogP contribution >= 0.6 is 0 Å². The van der Waals surface area contributed by atoms with Crippen LogP contribution < -0.4 is 0 Å². The summed E-state index contributed by atoms with van der Waals surface area (Å²) in [5.74, 6) is -1.14. The van der Waals surface area contributed by atoms with E-state index in [0.29, 0.717) is 16.8 Å². The molecule has 30 heavy (non-hydrogen) atoms. The van der Waals surface area contributed by atoms with Crippen LogP contribution in [0.2, 0.25) is 0 Å². The minimum atomic E-state index is -0.595. The number of aromatic nitrogens is 2. The Kier molecular flexibility index (Phi) is 5.48. The van der Waals surface area contributed by atoms with E-state index in [-0.39, 0.29) is 17.9 Å². The van der Waals surface area contributed by atoms with Crippen molar-refractivity contribution in [2.75, 3.05) is 7.11 Å². The van der Waals surface area contributed by atoms with E-state index in [1.165, 1.54) is 13.3 Å². The van der Waals surface area contributed by atoms with Gasteiger partial charge in [-0.05, 0) is 23.8 Å². The molecule has 0 atom stereocenters. The first-order valence-corrected chi connectivity index (χ1v) is 9.32. The van der Waals surface area contributed by atoms with Crippen LogP contribution in [0.5, 0.6) is 0 Å². The first kappa shape index (κ1) is 19.3. The highest BCUT2D eigenvalue weighted by atomic mass is 16.5. The fourth-order valence-corrected chi connectivity index (χ4v) is 3.29. The number of fused-ring (bicyclic) bond motifs is 1. The Hall–Kier alpha value is -4.06. The number of hydrogen-bond acceptors (Lipinski definition) is 6. The van der Waals surface area contributed by atoms with Crippen molar-refractivity contribution in [3.05, 3.63) is 95.9 Å². The van der Waals surface area contributed by atoms with Gasteiger partial charge in [0.05, 0.1) is 23.9 Å². The van der Waals surface area contributed by atoms with Crippen LogP contribution in [-0.4, -0.2) is 29.0 Å². The van der Waals surface area contributed by atoms with E-state index in [0.717, 1.165) is 10.9 Å². The number of rotatable bonds is 5. The van der Waals surface area contributed by atoms with E-state index in [1.807, 2.05) is 54.6 Å². The highest BCUT2D eigenvalue weighted by molar-refractivity contribution is 6.07. The molecular weight excluding hydrogens is 380 g/mol. The maximum absolute atomic E-state index is 12.8. The lowest BCUT2D eigenvalue weighted by atomic mass is 9.94. The molecular formula is C24H18N2O4. The summed E-state index contributed by atoms with van der Waals surface area (Å²) in [5.41, 5.74) is 3.00. The third-order valence-electron chi connectivity index (χ3n) is 4.63. The van der Waals surface area contributed by atoms with Crippen molar-refractivity contribution < 1.29 is 19.1 Å². The molecule has 0 radical (unpaired) electrons. The average Bonchev–Trinajstić information content (AvgIpc) is 2.82. The Morgan fingerprint density at radius 2 is 1.60 bits per heavy atom. The molecule has 0 bridgehead atoms. The van der Waals surface area contributed by atoms with Crippen LogP contribution in [0.1, 0.15) is 26.5 Å². The number of nitrogens with zero attached hydrogens (tertiary/aromatic N) is 2. The zero-order chi connectivity index (χ0) is 20.9. The molecule has 0 aliphatic heterocycles. The largest absolute Gasteiger partial charge is 0.465 e. The molecule has 0 aliphatic carbocycles. The van der Waals surface area contributed by atoms with E-state index in [9.17, 15) is 9.59 Å². The Morgan fingerprint density at radius 1 is 0.867 bits per heavy atom. The summed E-state index contributed by atoms with van der Waals surface area (Å²) in [6, 6.07) is 22.0. The second kappa shape index (κ2) is 8.53. The molecule has 148 valence electrons. The molecule has 0 aliphatic rings. The van der Waals surface area contributed by atoms with E-state index in [4.69, 9.17) is 9.47 Å². The van der Waals surface area contributed by atoms with Gasteiger partial charge < -0.3 is 9.47 Å². The summed E-state index contributed by atoms with van der Waals surface area (Å²) in [4.78, 5) is 33.7. The topological polar surface area (TPSA) is 78.4 Å². The molecule has 0 amide bonds. The number of esters is 2. The summed E-state index contributed by atoms with van der Waals surface area (Å²) in [5, 5.41) is 0.809. The van der Waals surface area contributed by atoms with Gasteiger partial charge in [-0.3, -0.25) is 0 Å². The smallest absolute Gasteiger partial charge is 0.357 e. The van der Waals surface area contributed by atoms with Gasteiger partial charge in [0.2, 0.25) is 0 Å². The van der Waals surface area contributed by atoms with E-state index in [1.54, 1.807) is 18.2 Å². The van der Waals surface area contributed by atoms with Gasteiger partial charge in [0, 0.05) is 17.1 Å². The van der Waals surface area contributed by atoms with Gasteiger partial charge in [0.25, 0.3) is 0 Å². The summed E-state index contributed by atoms with van der Waals surface area (Å²) in [7, 11) is 1.32. The summed E-state index contributed by atoms with van der Waals surface area (Å²) < 4.78 is 10.5. The minimum absolute atomic E-state index is 0.182. The maximum atomic E-state index is 12.8. The number of para-hydroxylation sites is 1. The number of carbonyl (C=O) groups is 2. The van der Waals surface area contributed by atoms with E-state index < -0.39 is 11.9 Å². The lowest BCUT2D eigenvalue weighted by Gasteiger charge is -2.16. The molecule has 4 rings (SSSR count). The second-order valence-electron chi connectivity index (χ2n) is 6.47. The molecule has 0 fully saturated rings. The lowest BCUT2D eigenvalue weighted by Crippen LogP contribution is -2.14. The molecule has 4 aromatic rings. The first-order chi connectivity index (χ1) is 14.7. The molecule has 0 spiro atoms. The Labute approximate surface area is 173 Å². The van der Waals surface area contributed by atoms with Crippen molar-refractivity contribution in [1.29, 1.82) is 0 Å². The van der Waals surface area contributed by atoms with Crippen LogP contribution in [-0.2, 0) is 16.1 Å². The molecule has 2 aromatic carbocycles. The highest BCUT2D eigenvalue weighted by Gasteiger charge is 2.24. The Balaban J connectivity index is 1.84. The third-order valence-corrected chi connectivity index (χ3v) is 4.63. The van der Waals surface area contributed by atoms with Crippen molar-refractivity contribution >= 4 is 22.8 Å². The molecule has 2 aromatic heterocycles. The Bertz CT molecular complexity index is 1210. The quantitative estimate of drug-likeness (QED) is 0.463. The molecule has 0 unspecified atom stereocenters. The minimum Gasteiger partial charge on any atom is -0.465 e. The number of carbonyl (C=O) groups excluding carboxylic acids is 2. The molecule has 6 nitrogen and oxygen atoms in total. The van der Waals surface area contributed by atoms with Crippen molar-refractivity contribution in [2.24, 2.45) is 0 Å². The predicted octanol–water partition coefficient (Wildman–Crippen LogP) is 4.44. The predicted molar refractivity (Wildman–Crippen MR) is 112 cm³/mol. The fraction of sp³-hybridized carbons (Fsp3) is 0.0833. The molecule has 0 N–H and O–H groups in total. The van der Waals surface area contributed by atoms with Gasteiger partial charge >= 0.3 is 11.9 Å². The molecule has 2 heterocycles. The van der Waals surface area contributed by atoms with Gasteiger partial charge in [0.1, 0.15) is 12.3 Å².